The lowest BCUT2D eigenvalue weighted by molar-refractivity contribution is -0.128. The van der Waals surface area contributed by atoms with Gasteiger partial charge in [0.05, 0.1) is 6.10 Å². The Bertz CT molecular complexity index is 720. The van der Waals surface area contributed by atoms with Crippen LogP contribution < -0.4 is 10.6 Å². The highest BCUT2D eigenvalue weighted by Crippen LogP contribution is 2.19. The van der Waals surface area contributed by atoms with Gasteiger partial charge in [-0.25, -0.2) is 0 Å². The quantitative estimate of drug-likeness (QED) is 0.607. The topological polar surface area (TPSA) is 87.7 Å². The molecule has 0 aromatic heterocycles. The molecule has 7 nitrogen and oxygen atoms in total. The highest BCUT2D eigenvalue weighted by molar-refractivity contribution is 5.98. The van der Waals surface area contributed by atoms with Gasteiger partial charge in [-0.3, -0.25) is 14.4 Å². The molecule has 7 heteroatoms. The van der Waals surface area contributed by atoms with E-state index in [-0.39, 0.29) is 36.2 Å². The van der Waals surface area contributed by atoms with Crippen LogP contribution in [0.15, 0.2) is 30.3 Å². The first-order valence-corrected chi connectivity index (χ1v) is 10.6. The highest BCUT2D eigenvalue weighted by atomic mass is 16.5. The van der Waals surface area contributed by atoms with Gasteiger partial charge in [-0.15, -0.1) is 0 Å². The van der Waals surface area contributed by atoms with E-state index in [2.05, 4.69) is 31.4 Å². The maximum atomic E-state index is 13.1. The van der Waals surface area contributed by atoms with Crippen molar-refractivity contribution >= 4 is 17.6 Å². The predicted octanol–water partition coefficient (Wildman–Crippen LogP) is 1.87. The molecule has 4 atom stereocenters. The van der Waals surface area contributed by atoms with E-state index in [4.69, 9.17) is 4.74 Å². The van der Waals surface area contributed by atoms with Crippen LogP contribution in [0.2, 0.25) is 0 Å². The lowest BCUT2D eigenvalue weighted by Crippen LogP contribution is -2.54. The molecule has 1 fully saturated rings. The number of hydrogen-bond acceptors (Lipinski definition) is 5. The van der Waals surface area contributed by atoms with Crippen LogP contribution in [0.25, 0.3) is 0 Å². The van der Waals surface area contributed by atoms with E-state index in [0.29, 0.717) is 24.3 Å². The molecule has 1 aliphatic rings. The molecule has 166 valence electrons. The molecular formula is C23H35N3O4. The number of carbonyl (C=O) groups excluding carboxylic acids is 3. The Labute approximate surface area is 179 Å². The van der Waals surface area contributed by atoms with E-state index in [1.807, 2.05) is 25.1 Å². The lowest BCUT2D eigenvalue weighted by Gasteiger charge is -2.26. The fourth-order valence-corrected chi connectivity index (χ4v) is 3.35. The van der Waals surface area contributed by atoms with Crippen LogP contribution >= 0.6 is 0 Å². The number of nitrogens with one attached hydrogen (secondary N) is 2. The van der Waals surface area contributed by atoms with E-state index in [0.717, 1.165) is 6.54 Å². The molecular weight excluding hydrogens is 382 g/mol. The van der Waals surface area contributed by atoms with E-state index in [1.165, 1.54) is 0 Å². The summed E-state index contributed by atoms with van der Waals surface area (Å²) >= 11 is 0. The molecule has 3 unspecified atom stereocenters. The zero-order chi connectivity index (χ0) is 22.3. The Morgan fingerprint density at radius 1 is 1.17 bits per heavy atom. The Morgan fingerprint density at radius 3 is 2.43 bits per heavy atom. The van der Waals surface area contributed by atoms with Crippen molar-refractivity contribution in [3.63, 3.8) is 0 Å². The molecule has 0 spiro atoms. The fourth-order valence-electron chi connectivity index (χ4n) is 3.35. The van der Waals surface area contributed by atoms with E-state index >= 15 is 0 Å². The Morgan fingerprint density at radius 2 is 1.83 bits per heavy atom. The number of amides is 2. The van der Waals surface area contributed by atoms with Crippen LogP contribution in [0, 0.1) is 11.8 Å². The van der Waals surface area contributed by atoms with Gasteiger partial charge in [-0.2, -0.15) is 0 Å². The molecule has 2 amide bonds. The van der Waals surface area contributed by atoms with Crippen LogP contribution in [0.4, 0.5) is 0 Å². The standard InChI is InChI=1S/C23H35N3O4/c1-15(2)16(3)13-18(24-22(28)17-9-7-6-8-10-17)23(29)25-21-19(27)14-30-20(21)11-12-26(4)5/h6-10,15-16,18,20-21H,11-14H2,1-5H3,(H,24,28)(H,25,29)/t16?,18-,20?,21?/m0/s1. The van der Waals surface area contributed by atoms with Crippen molar-refractivity contribution in [3.05, 3.63) is 35.9 Å². The molecule has 2 N–H and O–H groups in total. The van der Waals surface area contributed by atoms with Gasteiger partial charge >= 0.3 is 0 Å². The number of nitrogens with zero attached hydrogens (tertiary/aromatic N) is 1. The second kappa shape index (κ2) is 11.2. The van der Waals surface area contributed by atoms with Crippen molar-refractivity contribution in [3.8, 4) is 0 Å². The summed E-state index contributed by atoms with van der Waals surface area (Å²) in [7, 11) is 3.90. The van der Waals surface area contributed by atoms with Gasteiger partial charge in [0.15, 0.2) is 5.78 Å². The normalized spacial score (nSPS) is 21.0. The van der Waals surface area contributed by atoms with E-state index in [9.17, 15) is 14.4 Å². The summed E-state index contributed by atoms with van der Waals surface area (Å²) in [6.45, 7) is 6.99. The molecule has 1 aromatic carbocycles. The second-order valence-corrected chi connectivity index (χ2v) is 8.74. The minimum atomic E-state index is -0.724. The third-order valence-electron chi connectivity index (χ3n) is 5.72. The predicted molar refractivity (Wildman–Crippen MR) is 116 cm³/mol. The summed E-state index contributed by atoms with van der Waals surface area (Å²) < 4.78 is 5.60. The minimum Gasteiger partial charge on any atom is -0.368 e. The highest BCUT2D eigenvalue weighted by Gasteiger charge is 2.38. The first-order valence-electron chi connectivity index (χ1n) is 10.6. The van der Waals surface area contributed by atoms with Gasteiger partial charge in [0.1, 0.15) is 18.7 Å². The van der Waals surface area contributed by atoms with Crippen molar-refractivity contribution in [2.24, 2.45) is 11.8 Å². The first-order chi connectivity index (χ1) is 14.2. The zero-order valence-electron chi connectivity index (χ0n) is 18.7. The van der Waals surface area contributed by atoms with Crippen LogP contribution in [-0.2, 0) is 14.3 Å². The third kappa shape index (κ3) is 6.92. The summed E-state index contributed by atoms with van der Waals surface area (Å²) in [5, 5.41) is 5.72. The molecule has 0 aliphatic carbocycles. The number of ketones is 1. The van der Waals surface area contributed by atoms with Crippen LogP contribution in [0.3, 0.4) is 0 Å². The van der Waals surface area contributed by atoms with Crippen molar-refractivity contribution < 1.29 is 19.1 Å². The fraction of sp³-hybridized carbons (Fsp3) is 0.609. The van der Waals surface area contributed by atoms with Gasteiger partial charge in [-0.1, -0.05) is 39.0 Å². The monoisotopic (exact) mass is 417 g/mol. The van der Waals surface area contributed by atoms with Crippen molar-refractivity contribution in [2.75, 3.05) is 27.2 Å². The van der Waals surface area contributed by atoms with Crippen LogP contribution in [0.5, 0.6) is 0 Å². The molecule has 1 aromatic rings. The summed E-state index contributed by atoms with van der Waals surface area (Å²) in [4.78, 5) is 40.1. The van der Waals surface area contributed by atoms with Crippen LogP contribution in [0.1, 0.15) is 44.0 Å². The Kier molecular flexibility index (Phi) is 8.99. The molecule has 2 rings (SSSR count). The first kappa shape index (κ1) is 24.0. The van der Waals surface area contributed by atoms with Gasteiger partial charge in [0, 0.05) is 12.1 Å². The number of hydrogen-bond donors (Lipinski definition) is 2. The summed E-state index contributed by atoms with van der Waals surface area (Å²) in [5.41, 5.74) is 0.497. The smallest absolute Gasteiger partial charge is 0.251 e. The Hall–Kier alpha value is -2.25. The maximum Gasteiger partial charge on any atom is 0.251 e. The number of carbonyl (C=O) groups is 3. The average Bonchev–Trinajstić information content (AvgIpc) is 3.05. The number of Topliss-reactive ketones (excluding diaryl/α,β-unsaturated/α-hetero) is 1. The van der Waals surface area contributed by atoms with Gasteiger partial charge in [-0.05, 0) is 50.9 Å². The van der Waals surface area contributed by atoms with Gasteiger partial charge < -0.3 is 20.3 Å². The number of rotatable bonds is 10. The van der Waals surface area contributed by atoms with E-state index in [1.54, 1.807) is 24.3 Å². The van der Waals surface area contributed by atoms with Crippen molar-refractivity contribution in [1.82, 2.24) is 15.5 Å². The minimum absolute atomic E-state index is 0.00643. The van der Waals surface area contributed by atoms with Gasteiger partial charge in [0.25, 0.3) is 5.91 Å². The van der Waals surface area contributed by atoms with Gasteiger partial charge in [0.2, 0.25) is 5.91 Å². The SMILES string of the molecule is CC(C)C(C)C[C@H](NC(=O)c1ccccc1)C(=O)NC1C(=O)COC1CCN(C)C. The summed E-state index contributed by atoms with van der Waals surface area (Å²) in [6.07, 6.45) is 0.788. The average molecular weight is 418 g/mol. The Balaban J connectivity index is 2.10. The molecule has 30 heavy (non-hydrogen) atoms. The summed E-state index contributed by atoms with van der Waals surface area (Å²) in [6, 6.07) is 7.42. The number of ether oxygens (including phenoxy) is 1. The van der Waals surface area contributed by atoms with Crippen LogP contribution in [-0.4, -0.2) is 67.9 Å². The van der Waals surface area contributed by atoms with Crippen molar-refractivity contribution in [2.45, 2.75) is 51.8 Å². The maximum absolute atomic E-state index is 13.1. The molecule has 1 heterocycles. The molecule has 1 aliphatic heterocycles. The van der Waals surface area contributed by atoms with Crippen molar-refractivity contribution in [1.29, 1.82) is 0 Å². The zero-order valence-corrected chi connectivity index (χ0v) is 18.7. The largest absolute Gasteiger partial charge is 0.368 e. The summed E-state index contributed by atoms with van der Waals surface area (Å²) in [5.74, 6) is -0.192. The lowest BCUT2D eigenvalue weighted by atomic mass is 9.90. The molecule has 1 saturated heterocycles. The second-order valence-electron chi connectivity index (χ2n) is 8.74. The molecule has 0 bridgehead atoms. The van der Waals surface area contributed by atoms with E-state index < -0.39 is 12.1 Å². The molecule has 0 radical (unpaired) electrons. The third-order valence-corrected chi connectivity index (χ3v) is 5.72. The molecule has 0 saturated carbocycles. The number of benzene rings is 1.